The molecule has 174 valence electrons. The number of benzene rings is 2. The van der Waals surface area contributed by atoms with Crippen LogP contribution in [0.4, 0.5) is 11.5 Å². The molecular weight excluding hydrogens is 438 g/mol. The maximum absolute atomic E-state index is 11.4. The number of aromatic nitrogens is 2. The highest BCUT2D eigenvalue weighted by molar-refractivity contribution is 7.88. The molecule has 1 fully saturated rings. The Morgan fingerprint density at radius 1 is 1.09 bits per heavy atom. The standard InChI is InChI=1S/C24H29N5O3S/c25-33(31,32)16-19-5-2-8-22(11-19)28-24-12-23(26-17-27-24)21-7-1-4-18(10-21)13-29-9-3-6-20(14-29)15-30/h1-2,4-5,7-8,10-12,17,20,30H,3,6,9,13-16H2,(H2,25,31,32)(H,26,27,28). The zero-order valence-electron chi connectivity index (χ0n) is 18.4. The van der Waals surface area contributed by atoms with Gasteiger partial charge in [0.25, 0.3) is 0 Å². The largest absolute Gasteiger partial charge is 0.396 e. The van der Waals surface area contributed by atoms with E-state index in [1.54, 1.807) is 18.2 Å². The first-order chi connectivity index (χ1) is 15.9. The van der Waals surface area contributed by atoms with Crippen LogP contribution in [0, 0.1) is 5.92 Å². The van der Waals surface area contributed by atoms with Gasteiger partial charge in [-0.3, -0.25) is 4.90 Å². The van der Waals surface area contributed by atoms with Gasteiger partial charge in [-0.2, -0.15) is 0 Å². The van der Waals surface area contributed by atoms with E-state index in [0.717, 1.165) is 49.4 Å². The van der Waals surface area contributed by atoms with Gasteiger partial charge in [0, 0.05) is 37.0 Å². The summed E-state index contributed by atoms with van der Waals surface area (Å²) >= 11 is 0. The van der Waals surface area contributed by atoms with Crippen molar-refractivity contribution in [3.8, 4) is 11.3 Å². The van der Waals surface area contributed by atoms with Crippen LogP contribution in [0.25, 0.3) is 11.3 Å². The minimum absolute atomic E-state index is 0.222. The molecule has 0 bridgehead atoms. The molecule has 1 atom stereocenters. The predicted octanol–water partition coefficient (Wildman–Crippen LogP) is 2.88. The second kappa shape index (κ2) is 10.4. The Morgan fingerprint density at radius 2 is 1.91 bits per heavy atom. The van der Waals surface area contributed by atoms with Crippen molar-refractivity contribution in [1.82, 2.24) is 14.9 Å². The first-order valence-corrected chi connectivity index (χ1v) is 12.7. The average molecular weight is 468 g/mol. The molecule has 2 heterocycles. The van der Waals surface area contributed by atoms with Gasteiger partial charge in [0.2, 0.25) is 10.0 Å². The molecule has 33 heavy (non-hydrogen) atoms. The summed E-state index contributed by atoms with van der Waals surface area (Å²) in [6, 6.07) is 17.3. The summed E-state index contributed by atoms with van der Waals surface area (Å²) in [5, 5.41) is 17.9. The molecule has 3 aromatic rings. The predicted molar refractivity (Wildman–Crippen MR) is 129 cm³/mol. The van der Waals surface area contributed by atoms with Crippen molar-refractivity contribution in [3.05, 3.63) is 72.1 Å². The summed E-state index contributed by atoms with van der Waals surface area (Å²) in [5.74, 6) is 0.751. The van der Waals surface area contributed by atoms with Gasteiger partial charge in [-0.1, -0.05) is 30.3 Å². The lowest BCUT2D eigenvalue weighted by molar-refractivity contribution is 0.116. The van der Waals surface area contributed by atoms with Crippen LogP contribution in [0.15, 0.2) is 60.9 Å². The lowest BCUT2D eigenvalue weighted by Gasteiger charge is -2.31. The summed E-state index contributed by atoms with van der Waals surface area (Å²) < 4.78 is 22.8. The van der Waals surface area contributed by atoms with Gasteiger partial charge in [0.1, 0.15) is 12.1 Å². The number of primary sulfonamides is 1. The Bertz CT molecular complexity index is 1200. The summed E-state index contributed by atoms with van der Waals surface area (Å²) in [7, 11) is -3.60. The molecule has 1 aliphatic rings. The van der Waals surface area contributed by atoms with Crippen LogP contribution in [0.5, 0.6) is 0 Å². The zero-order chi connectivity index (χ0) is 23.3. The molecular formula is C24H29N5O3S. The molecule has 1 saturated heterocycles. The molecule has 0 amide bonds. The Hall–Kier alpha value is -2.85. The summed E-state index contributed by atoms with van der Waals surface area (Å²) in [5.41, 5.74) is 4.32. The number of likely N-dealkylation sites (tertiary alicyclic amines) is 1. The van der Waals surface area contributed by atoms with Crippen molar-refractivity contribution in [2.45, 2.75) is 25.1 Å². The smallest absolute Gasteiger partial charge is 0.213 e. The van der Waals surface area contributed by atoms with E-state index >= 15 is 0 Å². The van der Waals surface area contributed by atoms with Crippen LogP contribution in [0.2, 0.25) is 0 Å². The third-order valence-electron chi connectivity index (χ3n) is 5.72. The lowest BCUT2D eigenvalue weighted by Crippen LogP contribution is -2.36. The number of nitrogens with zero attached hydrogens (tertiary/aromatic N) is 3. The molecule has 1 aromatic heterocycles. The fourth-order valence-electron chi connectivity index (χ4n) is 4.23. The number of rotatable bonds is 8. The van der Waals surface area contributed by atoms with Gasteiger partial charge in [0.05, 0.1) is 11.4 Å². The Morgan fingerprint density at radius 3 is 2.73 bits per heavy atom. The molecule has 4 N–H and O–H groups in total. The van der Waals surface area contributed by atoms with Crippen LogP contribution in [0.3, 0.4) is 0 Å². The molecule has 4 rings (SSSR count). The van der Waals surface area contributed by atoms with E-state index in [4.69, 9.17) is 5.14 Å². The van der Waals surface area contributed by atoms with Crippen molar-refractivity contribution in [3.63, 3.8) is 0 Å². The van der Waals surface area contributed by atoms with E-state index in [2.05, 4.69) is 32.3 Å². The Labute approximate surface area is 194 Å². The van der Waals surface area contributed by atoms with Gasteiger partial charge in [0.15, 0.2) is 0 Å². The molecule has 0 spiro atoms. The maximum Gasteiger partial charge on any atom is 0.213 e. The van der Waals surface area contributed by atoms with E-state index in [9.17, 15) is 13.5 Å². The number of sulfonamides is 1. The summed E-state index contributed by atoms with van der Waals surface area (Å²) in [6.45, 7) is 3.06. The second-order valence-electron chi connectivity index (χ2n) is 8.55. The van der Waals surface area contributed by atoms with Crippen LogP contribution in [-0.2, 0) is 22.3 Å². The number of anilines is 2. The van der Waals surface area contributed by atoms with Crippen LogP contribution in [-0.4, -0.2) is 48.1 Å². The van der Waals surface area contributed by atoms with E-state index in [0.29, 0.717) is 17.3 Å². The molecule has 0 aliphatic carbocycles. The zero-order valence-corrected chi connectivity index (χ0v) is 19.2. The van der Waals surface area contributed by atoms with Crippen LogP contribution >= 0.6 is 0 Å². The van der Waals surface area contributed by atoms with E-state index in [1.807, 2.05) is 24.3 Å². The Balaban J connectivity index is 1.48. The van der Waals surface area contributed by atoms with Crippen LogP contribution in [0.1, 0.15) is 24.0 Å². The number of aliphatic hydroxyl groups excluding tert-OH is 1. The highest BCUT2D eigenvalue weighted by Crippen LogP contribution is 2.24. The fraction of sp³-hybridized carbons (Fsp3) is 0.333. The summed E-state index contributed by atoms with van der Waals surface area (Å²) in [4.78, 5) is 11.1. The van der Waals surface area contributed by atoms with Crippen molar-refractivity contribution >= 4 is 21.5 Å². The first-order valence-electron chi connectivity index (χ1n) is 11.0. The highest BCUT2D eigenvalue weighted by atomic mass is 32.2. The maximum atomic E-state index is 11.4. The number of hydrogen-bond acceptors (Lipinski definition) is 7. The van der Waals surface area contributed by atoms with Crippen molar-refractivity contribution in [2.75, 3.05) is 25.0 Å². The topological polar surface area (TPSA) is 121 Å². The number of piperidine rings is 1. The number of nitrogens with two attached hydrogens (primary N) is 1. The van der Waals surface area contributed by atoms with Crippen molar-refractivity contribution < 1.29 is 13.5 Å². The lowest BCUT2D eigenvalue weighted by atomic mass is 9.98. The Kier molecular flexibility index (Phi) is 7.34. The molecule has 9 heteroatoms. The van der Waals surface area contributed by atoms with E-state index in [-0.39, 0.29) is 12.4 Å². The minimum Gasteiger partial charge on any atom is -0.396 e. The molecule has 2 aromatic carbocycles. The normalized spacial score (nSPS) is 17.1. The van der Waals surface area contributed by atoms with E-state index in [1.165, 1.54) is 11.9 Å². The third-order valence-corrected chi connectivity index (χ3v) is 6.46. The fourth-order valence-corrected chi connectivity index (χ4v) is 4.88. The van der Waals surface area contributed by atoms with Gasteiger partial charge >= 0.3 is 0 Å². The summed E-state index contributed by atoms with van der Waals surface area (Å²) in [6.07, 6.45) is 3.72. The minimum atomic E-state index is -3.60. The molecule has 1 unspecified atom stereocenters. The molecule has 1 aliphatic heterocycles. The first kappa shape index (κ1) is 23.3. The van der Waals surface area contributed by atoms with Crippen molar-refractivity contribution in [2.24, 2.45) is 11.1 Å². The molecule has 0 radical (unpaired) electrons. The van der Waals surface area contributed by atoms with E-state index < -0.39 is 10.0 Å². The number of aliphatic hydroxyl groups is 1. The number of nitrogens with one attached hydrogen (secondary N) is 1. The van der Waals surface area contributed by atoms with Gasteiger partial charge in [-0.25, -0.2) is 23.5 Å². The monoisotopic (exact) mass is 467 g/mol. The third kappa shape index (κ3) is 6.82. The van der Waals surface area contributed by atoms with Gasteiger partial charge in [-0.05, 0) is 54.6 Å². The van der Waals surface area contributed by atoms with Gasteiger partial charge in [-0.15, -0.1) is 0 Å². The second-order valence-corrected chi connectivity index (χ2v) is 10.2. The van der Waals surface area contributed by atoms with Crippen molar-refractivity contribution in [1.29, 1.82) is 0 Å². The molecule has 8 nitrogen and oxygen atoms in total. The SMILES string of the molecule is NS(=O)(=O)Cc1cccc(Nc2cc(-c3cccc(CN4CCCC(CO)C4)c3)ncn2)c1. The highest BCUT2D eigenvalue weighted by Gasteiger charge is 2.19. The average Bonchev–Trinajstić information content (AvgIpc) is 2.79. The van der Waals surface area contributed by atoms with Crippen LogP contribution < -0.4 is 10.5 Å². The quantitative estimate of drug-likeness (QED) is 0.466. The number of hydrogen-bond donors (Lipinski definition) is 3. The molecule has 0 saturated carbocycles. The van der Waals surface area contributed by atoms with Gasteiger partial charge < -0.3 is 10.4 Å².